The SMILES string of the molecule is CN1C=CN2NC(Cl)=CC=C12. The van der Waals surface area contributed by atoms with Gasteiger partial charge in [0.25, 0.3) is 0 Å². The number of nitrogens with one attached hydrogen (secondary N) is 1. The molecule has 2 aliphatic rings. The van der Waals surface area contributed by atoms with Crippen LogP contribution in [0.15, 0.2) is 35.5 Å². The Kier molecular flexibility index (Phi) is 1.32. The van der Waals surface area contributed by atoms with Crippen molar-refractivity contribution in [2.75, 3.05) is 7.05 Å². The topological polar surface area (TPSA) is 18.5 Å². The zero-order chi connectivity index (χ0) is 7.84. The van der Waals surface area contributed by atoms with Gasteiger partial charge >= 0.3 is 0 Å². The zero-order valence-corrected chi connectivity index (χ0v) is 6.84. The highest BCUT2D eigenvalue weighted by Gasteiger charge is 2.18. The maximum atomic E-state index is 5.74. The monoisotopic (exact) mass is 169 g/mol. The molecule has 0 spiro atoms. The van der Waals surface area contributed by atoms with Crippen LogP contribution in [-0.2, 0) is 0 Å². The standard InChI is InChI=1S/C7H8ClN3/c1-10-4-5-11-7(10)3-2-6(8)9-11/h2-5,9H,1H3. The van der Waals surface area contributed by atoms with Gasteiger partial charge in [-0.3, -0.25) is 5.43 Å². The molecule has 2 heterocycles. The fourth-order valence-electron chi connectivity index (χ4n) is 1.08. The molecule has 0 fully saturated rings. The van der Waals surface area contributed by atoms with Gasteiger partial charge in [0.1, 0.15) is 11.0 Å². The van der Waals surface area contributed by atoms with E-state index in [0.717, 1.165) is 5.82 Å². The Bertz CT molecular complexity index is 267. The molecular weight excluding hydrogens is 162 g/mol. The lowest BCUT2D eigenvalue weighted by Crippen LogP contribution is -2.33. The Morgan fingerprint density at radius 1 is 1.36 bits per heavy atom. The Balaban J connectivity index is 2.31. The number of hydrazine groups is 1. The van der Waals surface area contributed by atoms with E-state index < -0.39 is 0 Å². The third-order valence-electron chi connectivity index (χ3n) is 1.65. The number of rotatable bonds is 0. The van der Waals surface area contributed by atoms with Crippen LogP contribution in [-0.4, -0.2) is 17.0 Å². The van der Waals surface area contributed by atoms with Gasteiger partial charge in [0.15, 0.2) is 0 Å². The number of nitrogens with zero attached hydrogens (tertiary/aromatic N) is 2. The summed E-state index contributed by atoms with van der Waals surface area (Å²) in [6, 6.07) is 0. The van der Waals surface area contributed by atoms with Crippen LogP contribution in [0.3, 0.4) is 0 Å². The predicted octanol–water partition coefficient (Wildman–Crippen LogP) is 1.14. The predicted molar refractivity (Wildman–Crippen MR) is 43.9 cm³/mol. The van der Waals surface area contributed by atoms with Gasteiger partial charge in [0.2, 0.25) is 0 Å². The van der Waals surface area contributed by atoms with E-state index in [-0.39, 0.29) is 0 Å². The lowest BCUT2D eigenvalue weighted by atomic mass is 10.4. The summed E-state index contributed by atoms with van der Waals surface area (Å²) in [6.45, 7) is 0. The third-order valence-corrected chi connectivity index (χ3v) is 1.86. The maximum absolute atomic E-state index is 5.74. The van der Waals surface area contributed by atoms with Gasteiger partial charge in [-0.2, -0.15) is 0 Å². The number of halogens is 1. The van der Waals surface area contributed by atoms with Crippen molar-refractivity contribution in [2.24, 2.45) is 0 Å². The highest BCUT2D eigenvalue weighted by Crippen LogP contribution is 2.20. The lowest BCUT2D eigenvalue weighted by molar-refractivity contribution is 0.333. The average molecular weight is 170 g/mol. The van der Waals surface area contributed by atoms with Crippen LogP contribution in [0, 0.1) is 0 Å². The molecule has 0 atom stereocenters. The highest BCUT2D eigenvalue weighted by atomic mass is 35.5. The van der Waals surface area contributed by atoms with E-state index in [2.05, 4.69) is 5.43 Å². The molecule has 1 N–H and O–H groups in total. The Morgan fingerprint density at radius 3 is 3.00 bits per heavy atom. The second-order valence-electron chi connectivity index (χ2n) is 2.43. The third kappa shape index (κ3) is 0.973. The Morgan fingerprint density at radius 2 is 2.18 bits per heavy atom. The van der Waals surface area contributed by atoms with Gasteiger partial charge in [-0.05, 0) is 12.2 Å². The van der Waals surface area contributed by atoms with Crippen LogP contribution in [0.1, 0.15) is 0 Å². The van der Waals surface area contributed by atoms with Crippen LogP contribution < -0.4 is 5.43 Å². The zero-order valence-electron chi connectivity index (χ0n) is 6.08. The van der Waals surface area contributed by atoms with Gasteiger partial charge in [-0.25, -0.2) is 5.01 Å². The average Bonchev–Trinajstić information content (AvgIpc) is 2.32. The number of allylic oxidation sites excluding steroid dienone is 2. The smallest absolute Gasteiger partial charge is 0.131 e. The van der Waals surface area contributed by atoms with Crippen LogP contribution in [0.25, 0.3) is 0 Å². The van der Waals surface area contributed by atoms with Gasteiger partial charge < -0.3 is 4.90 Å². The van der Waals surface area contributed by atoms with E-state index in [1.165, 1.54) is 0 Å². The molecule has 2 aliphatic heterocycles. The first-order chi connectivity index (χ1) is 5.27. The minimum Gasteiger partial charge on any atom is -0.335 e. The molecule has 0 amide bonds. The Hall–Kier alpha value is -1.09. The molecule has 0 saturated heterocycles. The molecule has 0 unspecified atom stereocenters. The maximum Gasteiger partial charge on any atom is 0.131 e. The first kappa shape index (κ1) is 6.61. The number of fused-ring (bicyclic) bond motifs is 1. The first-order valence-electron chi connectivity index (χ1n) is 3.32. The molecule has 0 bridgehead atoms. The number of hydrogen-bond acceptors (Lipinski definition) is 3. The van der Waals surface area contributed by atoms with E-state index in [9.17, 15) is 0 Å². The molecule has 0 radical (unpaired) electrons. The van der Waals surface area contributed by atoms with Crippen molar-refractivity contribution in [1.29, 1.82) is 0 Å². The van der Waals surface area contributed by atoms with Crippen molar-refractivity contribution in [3.63, 3.8) is 0 Å². The summed E-state index contributed by atoms with van der Waals surface area (Å²) in [5, 5.41) is 2.50. The summed E-state index contributed by atoms with van der Waals surface area (Å²) < 4.78 is 0. The molecule has 0 saturated carbocycles. The minimum atomic E-state index is 0.633. The Labute approximate surface area is 70.2 Å². The molecule has 11 heavy (non-hydrogen) atoms. The summed E-state index contributed by atoms with van der Waals surface area (Å²) in [5.74, 6) is 1.08. The summed E-state index contributed by atoms with van der Waals surface area (Å²) in [5.41, 5.74) is 2.97. The number of hydrogen-bond donors (Lipinski definition) is 1. The first-order valence-corrected chi connectivity index (χ1v) is 3.70. The molecule has 2 rings (SSSR count). The molecule has 0 aromatic rings. The second kappa shape index (κ2) is 2.20. The molecule has 4 heteroatoms. The minimum absolute atomic E-state index is 0.633. The van der Waals surface area contributed by atoms with E-state index in [4.69, 9.17) is 11.6 Å². The van der Waals surface area contributed by atoms with E-state index in [1.54, 1.807) is 0 Å². The molecule has 0 aliphatic carbocycles. The summed E-state index contributed by atoms with van der Waals surface area (Å²) in [6.07, 6.45) is 7.67. The van der Waals surface area contributed by atoms with E-state index >= 15 is 0 Å². The van der Waals surface area contributed by atoms with Crippen molar-refractivity contribution in [1.82, 2.24) is 15.3 Å². The quantitative estimate of drug-likeness (QED) is 0.549. The summed E-state index contributed by atoms with van der Waals surface area (Å²) in [4.78, 5) is 2.01. The normalized spacial score (nSPS) is 20.9. The fourth-order valence-corrected chi connectivity index (χ4v) is 1.24. The van der Waals surface area contributed by atoms with Crippen LogP contribution in [0.4, 0.5) is 0 Å². The molecule has 3 nitrogen and oxygen atoms in total. The van der Waals surface area contributed by atoms with Crippen molar-refractivity contribution in [3.8, 4) is 0 Å². The molecular formula is C7H8ClN3. The van der Waals surface area contributed by atoms with Crippen LogP contribution in [0.5, 0.6) is 0 Å². The van der Waals surface area contributed by atoms with Crippen molar-refractivity contribution < 1.29 is 0 Å². The molecule has 0 aromatic heterocycles. The lowest BCUT2D eigenvalue weighted by Gasteiger charge is -2.25. The molecule has 58 valence electrons. The second-order valence-corrected chi connectivity index (χ2v) is 2.84. The largest absolute Gasteiger partial charge is 0.335 e. The summed E-state index contributed by atoms with van der Waals surface area (Å²) in [7, 11) is 1.98. The van der Waals surface area contributed by atoms with E-state index in [1.807, 2.05) is 41.5 Å². The van der Waals surface area contributed by atoms with Crippen LogP contribution in [0.2, 0.25) is 0 Å². The van der Waals surface area contributed by atoms with Gasteiger partial charge in [0, 0.05) is 19.4 Å². The summed E-state index contributed by atoms with van der Waals surface area (Å²) >= 11 is 5.74. The van der Waals surface area contributed by atoms with Crippen molar-refractivity contribution >= 4 is 11.6 Å². The van der Waals surface area contributed by atoms with Gasteiger partial charge in [-0.1, -0.05) is 11.6 Å². The van der Waals surface area contributed by atoms with E-state index in [0.29, 0.717) is 5.16 Å². The van der Waals surface area contributed by atoms with Crippen LogP contribution >= 0.6 is 11.6 Å². The fraction of sp³-hybridized carbons (Fsp3) is 0.143. The van der Waals surface area contributed by atoms with Gasteiger partial charge in [0.05, 0.1) is 0 Å². The van der Waals surface area contributed by atoms with Gasteiger partial charge in [-0.15, -0.1) is 0 Å². The highest BCUT2D eigenvalue weighted by molar-refractivity contribution is 6.29. The molecule has 0 aromatic carbocycles. The van der Waals surface area contributed by atoms with Crippen molar-refractivity contribution in [3.05, 3.63) is 35.5 Å². The van der Waals surface area contributed by atoms with Crippen molar-refractivity contribution in [2.45, 2.75) is 0 Å².